The molecule has 4 heterocycles. The summed E-state index contributed by atoms with van der Waals surface area (Å²) >= 11 is 0. The molecule has 16 heteroatoms. The van der Waals surface area contributed by atoms with Crippen molar-refractivity contribution in [3.05, 3.63) is 144 Å². The topological polar surface area (TPSA) is 145 Å². The van der Waals surface area contributed by atoms with Gasteiger partial charge in [0.1, 0.15) is 45.3 Å². The summed E-state index contributed by atoms with van der Waals surface area (Å²) in [6.45, 7) is 25.5. The lowest BCUT2D eigenvalue weighted by atomic mass is 9.84. The third-order valence-electron chi connectivity index (χ3n) is 15.7. The lowest BCUT2D eigenvalue weighted by molar-refractivity contribution is 0.173. The Bertz CT molecular complexity index is 3940. The van der Waals surface area contributed by atoms with E-state index in [1.165, 1.54) is 0 Å². The molecule has 12 rings (SSSR count). The minimum absolute atomic E-state index is 0.102. The maximum absolute atomic E-state index is 7.70. The zero-order valence-corrected chi connectivity index (χ0v) is 53.4. The minimum Gasteiger partial charge on any atom is -0.497 e. The van der Waals surface area contributed by atoms with Crippen LogP contribution in [0, 0.1) is 0 Å². The Morgan fingerprint density at radius 1 is 0.349 bits per heavy atom. The van der Waals surface area contributed by atoms with E-state index in [-0.39, 0.29) is 13.6 Å². The van der Waals surface area contributed by atoms with Crippen molar-refractivity contribution in [3.8, 4) is 90.9 Å². The SMILES string of the molecule is COc1cc(C(C)(C)C)c2op(Oc3c(-c4ccccc4)cc4c(c3-c3c5c(cc(-c6ccccc6)c3Op3oc6c(C(C)(C)C)cc(OC)cc6c6cc(OC)cc(C(C)(C)C)c6o3)OCO5)OCO4)oc3c(C(C)(C)C)cc(OC)cc3c2c1. The van der Waals surface area contributed by atoms with Crippen molar-refractivity contribution < 1.29 is 63.7 Å². The summed E-state index contributed by atoms with van der Waals surface area (Å²) < 4.78 is 95.3. The molecule has 8 aromatic carbocycles. The summed E-state index contributed by atoms with van der Waals surface area (Å²) in [5, 5.41) is 3.00. The van der Waals surface area contributed by atoms with E-state index in [0.717, 1.165) is 54.9 Å². The van der Waals surface area contributed by atoms with E-state index in [9.17, 15) is 0 Å². The molecule has 2 aliphatic heterocycles. The molecule has 0 spiro atoms. The van der Waals surface area contributed by atoms with Crippen LogP contribution in [0.2, 0.25) is 0 Å². The highest BCUT2D eigenvalue weighted by atomic mass is 31.1. The van der Waals surface area contributed by atoms with Crippen molar-refractivity contribution in [1.29, 1.82) is 0 Å². The van der Waals surface area contributed by atoms with Crippen LogP contribution in [0.3, 0.4) is 0 Å². The third-order valence-corrected chi connectivity index (χ3v) is 17.6. The molecule has 0 aliphatic carbocycles. The van der Waals surface area contributed by atoms with Crippen molar-refractivity contribution in [1.82, 2.24) is 0 Å². The average molecular weight is 1200 g/mol. The second-order valence-electron chi connectivity index (χ2n) is 25.7. The summed E-state index contributed by atoms with van der Waals surface area (Å²) in [5.74, 6) is 4.86. The number of hydrogen-bond acceptors (Lipinski definition) is 14. The molecule has 0 saturated heterocycles. The van der Waals surface area contributed by atoms with Crippen LogP contribution in [0.25, 0.3) is 77.3 Å². The molecule has 10 aromatic rings. The predicted octanol–water partition coefficient (Wildman–Crippen LogP) is 20.3. The van der Waals surface area contributed by atoms with Gasteiger partial charge in [0, 0.05) is 54.9 Å². The molecule has 2 aliphatic rings. The molecule has 14 nitrogen and oxygen atoms in total. The number of rotatable bonds is 11. The summed E-state index contributed by atoms with van der Waals surface area (Å²) in [6, 6.07) is 39.8. The largest absolute Gasteiger partial charge is 0.497 e. The van der Waals surface area contributed by atoms with Crippen LogP contribution in [0.15, 0.2) is 138 Å². The first-order valence-electron chi connectivity index (χ1n) is 28.6. The van der Waals surface area contributed by atoms with E-state index in [2.05, 4.69) is 83.1 Å². The zero-order chi connectivity index (χ0) is 60.8. The fourth-order valence-corrected chi connectivity index (χ4v) is 13.5. The number of ether oxygens (including phenoxy) is 8. The number of hydrogen-bond donors (Lipinski definition) is 0. The Balaban J connectivity index is 1.25. The quantitative estimate of drug-likeness (QED) is 0.121. The highest BCUT2D eigenvalue weighted by molar-refractivity contribution is 7.32. The Morgan fingerprint density at radius 2 is 0.628 bits per heavy atom. The Labute approximate surface area is 503 Å². The molecule has 86 heavy (non-hydrogen) atoms. The van der Waals surface area contributed by atoms with Gasteiger partial charge in [0.15, 0.2) is 34.5 Å². The summed E-state index contributed by atoms with van der Waals surface area (Å²) in [5.41, 5.74) is 7.62. The van der Waals surface area contributed by atoms with Crippen LogP contribution in [-0.2, 0) is 21.7 Å². The predicted molar refractivity (Wildman–Crippen MR) is 341 cm³/mol. The van der Waals surface area contributed by atoms with Crippen molar-refractivity contribution in [3.63, 3.8) is 0 Å². The van der Waals surface area contributed by atoms with E-state index in [4.69, 9.17) is 63.7 Å². The summed E-state index contributed by atoms with van der Waals surface area (Å²) in [7, 11) is 1.75. The van der Waals surface area contributed by atoms with Gasteiger partial charge in [0.2, 0.25) is 13.6 Å². The van der Waals surface area contributed by atoms with Crippen LogP contribution < -0.4 is 46.9 Å². The van der Waals surface area contributed by atoms with Crippen LogP contribution in [-0.4, -0.2) is 42.0 Å². The van der Waals surface area contributed by atoms with E-state index < -0.39 is 38.1 Å². The number of benzene rings is 8. The van der Waals surface area contributed by atoms with Crippen LogP contribution in [0.4, 0.5) is 0 Å². The van der Waals surface area contributed by atoms with Crippen molar-refractivity contribution >= 4 is 60.4 Å². The van der Waals surface area contributed by atoms with Gasteiger partial charge in [-0.1, -0.05) is 144 Å². The van der Waals surface area contributed by atoms with Crippen molar-refractivity contribution in [2.75, 3.05) is 42.0 Å². The van der Waals surface area contributed by atoms with Gasteiger partial charge in [0.25, 0.3) is 0 Å². The highest BCUT2D eigenvalue weighted by Gasteiger charge is 2.39. The normalized spacial score (nSPS) is 13.2. The van der Waals surface area contributed by atoms with E-state index in [1.54, 1.807) is 28.4 Å². The molecular formula is C70H72O14P2. The lowest BCUT2D eigenvalue weighted by Gasteiger charge is -2.22. The van der Waals surface area contributed by atoms with Crippen LogP contribution in [0.1, 0.15) is 105 Å². The second-order valence-corrected chi connectivity index (χ2v) is 27.6. The third kappa shape index (κ3) is 10.5. The van der Waals surface area contributed by atoms with Crippen LogP contribution >= 0.6 is 16.5 Å². The van der Waals surface area contributed by atoms with Gasteiger partial charge < -0.3 is 63.7 Å². The van der Waals surface area contributed by atoms with Gasteiger partial charge in [-0.2, -0.15) is 0 Å². The molecule has 0 amide bonds. The maximum Gasteiger partial charge on any atom is 0.453 e. The number of methoxy groups -OCH3 is 4. The minimum atomic E-state index is -2.46. The fraction of sp³-hybridized carbons (Fsp3) is 0.314. The van der Waals surface area contributed by atoms with Crippen molar-refractivity contribution in [2.45, 2.75) is 105 Å². The van der Waals surface area contributed by atoms with Crippen molar-refractivity contribution in [2.24, 2.45) is 0 Å². The molecule has 0 saturated carbocycles. The van der Waals surface area contributed by atoms with Gasteiger partial charge in [-0.3, -0.25) is 0 Å². The van der Waals surface area contributed by atoms with Gasteiger partial charge >= 0.3 is 16.5 Å². The molecule has 0 N–H and O–H groups in total. The number of fused-ring (bicyclic) bond motifs is 8. The smallest absolute Gasteiger partial charge is 0.453 e. The Hall–Kier alpha value is -8.44. The Kier molecular flexibility index (Phi) is 14.7. The zero-order valence-electron chi connectivity index (χ0n) is 51.6. The van der Waals surface area contributed by atoms with Gasteiger partial charge in [-0.05, 0) is 93.5 Å². The molecule has 0 bridgehead atoms. The molecule has 0 atom stereocenters. The molecule has 446 valence electrons. The summed E-state index contributed by atoms with van der Waals surface area (Å²) in [4.78, 5) is 0. The van der Waals surface area contributed by atoms with Crippen LogP contribution in [0.5, 0.6) is 57.5 Å². The first-order chi connectivity index (χ1) is 40.9. The lowest BCUT2D eigenvalue weighted by Crippen LogP contribution is -2.12. The molecule has 0 fully saturated rings. The van der Waals surface area contributed by atoms with E-state index >= 15 is 0 Å². The van der Waals surface area contributed by atoms with E-state index in [1.807, 2.05) is 121 Å². The average Bonchev–Trinajstić information content (AvgIpc) is 1.86. The molecule has 2 aromatic heterocycles. The molecule has 0 unspecified atom stereocenters. The molecular weight excluding hydrogens is 1130 g/mol. The second kappa shape index (κ2) is 21.8. The van der Waals surface area contributed by atoms with E-state index in [0.29, 0.717) is 102 Å². The van der Waals surface area contributed by atoms with Gasteiger partial charge in [0.05, 0.1) is 39.6 Å². The van der Waals surface area contributed by atoms with Gasteiger partial charge in [-0.15, -0.1) is 0 Å². The standard InChI is InChI=1S/C70H72O14P2/c1-67(2,3)51-31-41(71-13)27-47-48-28-42(72-14)32-52(68(4,5)6)60(48)80-85(79-59(47)51)83-63-45(39-23-19-17-20-24-39)35-55-65(77-37-75-55)57(63)58-64(46(40-25-21-18-22-26-40)36-56-66(58)78-38-76-56)84-86-81-61-49(29-43(73-15)33-53(61)69(7,8)9)50-30-44(74-16)34-54(62(50)82-86)70(10,11)12/h17-36H,37-38H2,1-16H3. The monoisotopic (exact) mass is 1200 g/mol. The first-order valence-corrected chi connectivity index (χ1v) is 30.8. The summed E-state index contributed by atoms with van der Waals surface area (Å²) in [6.07, 6.45) is 0. The first kappa shape index (κ1) is 58.0. The van der Waals surface area contributed by atoms with Gasteiger partial charge in [-0.25, -0.2) is 0 Å². The Morgan fingerprint density at radius 3 is 0.884 bits per heavy atom. The maximum atomic E-state index is 7.70. The highest BCUT2D eigenvalue weighted by Crippen LogP contribution is 2.63. The molecule has 0 radical (unpaired) electrons. The fourth-order valence-electron chi connectivity index (χ4n) is 11.2.